The zero-order valence-electron chi connectivity index (χ0n) is 14.7. The average molecular weight is 325 g/mol. The Morgan fingerprint density at radius 2 is 1.52 bits per heavy atom. The van der Waals surface area contributed by atoms with Crippen LogP contribution in [0, 0.1) is 23.7 Å². The fraction of sp³-hybridized carbons (Fsp3) is 0.889. The quantitative estimate of drug-likeness (QED) is 0.598. The van der Waals surface area contributed by atoms with E-state index in [9.17, 15) is 9.59 Å². The first kappa shape index (κ1) is 18.2. The number of carbonyl (C=O) groups is 2. The Hall–Kier alpha value is -1.10. The highest BCUT2D eigenvalue weighted by Crippen LogP contribution is 2.47. The second-order valence-corrected chi connectivity index (χ2v) is 7.23. The summed E-state index contributed by atoms with van der Waals surface area (Å²) < 4.78 is 5.99. The fourth-order valence-corrected chi connectivity index (χ4v) is 4.69. The van der Waals surface area contributed by atoms with E-state index in [1.54, 1.807) is 0 Å². The van der Waals surface area contributed by atoms with E-state index in [1.807, 2.05) is 6.92 Å². The lowest BCUT2D eigenvalue weighted by Crippen LogP contribution is -2.40. The van der Waals surface area contributed by atoms with Gasteiger partial charge in [-0.2, -0.15) is 5.90 Å². The summed E-state index contributed by atoms with van der Waals surface area (Å²) in [4.78, 5) is 29.7. The molecule has 2 rings (SSSR count). The van der Waals surface area contributed by atoms with Gasteiger partial charge in [0.15, 0.2) is 0 Å². The summed E-state index contributed by atoms with van der Waals surface area (Å²) in [5, 5.41) is 0. The molecule has 0 aromatic rings. The third-order valence-electron chi connectivity index (χ3n) is 6.19. The molecule has 2 aliphatic carbocycles. The first-order chi connectivity index (χ1) is 11.0. The minimum Gasteiger partial charge on any atom is -0.459 e. The van der Waals surface area contributed by atoms with E-state index in [2.05, 4.69) is 18.7 Å². The van der Waals surface area contributed by atoms with Crippen molar-refractivity contribution in [3.8, 4) is 0 Å². The van der Waals surface area contributed by atoms with Crippen LogP contribution < -0.4 is 5.90 Å². The van der Waals surface area contributed by atoms with Crippen LogP contribution in [0.4, 0.5) is 0 Å². The maximum absolute atomic E-state index is 13.0. The Morgan fingerprint density at radius 1 is 1.00 bits per heavy atom. The van der Waals surface area contributed by atoms with Gasteiger partial charge in [0.25, 0.3) is 0 Å². The van der Waals surface area contributed by atoms with Gasteiger partial charge in [0.05, 0.1) is 11.8 Å². The second kappa shape index (κ2) is 7.65. The van der Waals surface area contributed by atoms with Crippen molar-refractivity contribution in [3.05, 3.63) is 0 Å². The molecule has 23 heavy (non-hydrogen) atoms. The summed E-state index contributed by atoms with van der Waals surface area (Å²) in [7, 11) is 0. The zero-order chi connectivity index (χ0) is 17.0. The summed E-state index contributed by atoms with van der Waals surface area (Å²) in [5.74, 6) is 3.90. The Balaban J connectivity index is 2.21. The van der Waals surface area contributed by atoms with Crippen LogP contribution in [0.5, 0.6) is 0 Å². The van der Waals surface area contributed by atoms with Crippen LogP contribution in [0.3, 0.4) is 0 Å². The van der Waals surface area contributed by atoms with E-state index >= 15 is 0 Å². The van der Waals surface area contributed by atoms with Gasteiger partial charge < -0.3 is 9.57 Å². The molecule has 0 saturated heterocycles. The molecule has 5 nitrogen and oxygen atoms in total. The molecule has 4 atom stereocenters. The van der Waals surface area contributed by atoms with Gasteiger partial charge in [0.1, 0.15) is 5.60 Å². The average Bonchev–Trinajstić information content (AvgIpc) is 3.18. The molecule has 0 aromatic carbocycles. The second-order valence-electron chi connectivity index (χ2n) is 7.23. The van der Waals surface area contributed by atoms with E-state index in [1.165, 1.54) is 0 Å². The minimum absolute atomic E-state index is 0.148. The molecule has 0 aromatic heterocycles. The predicted octanol–water partition coefficient (Wildman–Crippen LogP) is 3.36. The summed E-state index contributed by atoms with van der Waals surface area (Å²) in [5.41, 5.74) is -0.323. The number of hydrogen-bond donors (Lipinski definition) is 1. The van der Waals surface area contributed by atoms with Crippen molar-refractivity contribution in [2.45, 2.75) is 77.7 Å². The first-order valence-corrected chi connectivity index (χ1v) is 9.15. The van der Waals surface area contributed by atoms with E-state index in [0.29, 0.717) is 0 Å². The predicted molar refractivity (Wildman–Crippen MR) is 87.0 cm³/mol. The number of ether oxygens (including phenoxy) is 1. The van der Waals surface area contributed by atoms with Crippen molar-refractivity contribution in [2.24, 2.45) is 29.6 Å². The summed E-state index contributed by atoms with van der Waals surface area (Å²) in [6.07, 6.45) is 7.49. The van der Waals surface area contributed by atoms with Crippen molar-refractivity contribution in [2.75, 3.05) is 0 Å². The Labute approximate surface area is 139 Å². The lowest BCUT2D eigenvalue weighted by Gasteiger charge is -2.31. The Bertz CT molecular complexity index is 431. The van der Waals surface area contributed by atoms with Gasteiger partial charge in [-0.3, -0.25) is 9.59 Å². The molecule has 0 aliphatic heterocycles. The fourth-order valence-electron chi connectivity index (χ4n) is 4.69. The molecule has 132 valence electrons. The lowest BCUT2D eigenvalue weighted by atomic mass is 9.85. The SMILES string of the molecule is CCC1CC(CC)C(C(=O)OC2(CC)CCCC2)C1C(=O)ON. The third-order valence-corrected chi connectivity index (χ3v) is 6.19. The van der Waals surface area contributed by atoms with Gasteiger partial charge in [-0.25, -0.2) is 0 Å². The van der Waals surface area contributed by atoms with Crippen molar-refractivity contribution < 1.29 is 19.2 Å². The number of esters is 1. The highest BCUT2D eigenvalue weighted by atomic mass is 16.7. The summed E-state index contributed by atoms with van der Waals surface area (Å²) in [6.45, 7) is 6.19. The maximum atomic E-state index is 13.0. The molecule has 4 unspecified atom stereocenters. The van der Waals surface area contributed by atoms with Gasteiger partial charge in [0.2, 0.25) is 0 Å². The van der Waals surface area contributed by atoms with Crippen LogP contribution in [0.15, 0.2) is 0 Å². The Kier molecular flexibility index (Phi) is 6.06. The van der Waals surface area contributed by atoms with Gasteiger partial charge in [-0.05, 0) is 50.4 Å². The van der Waals surface area contributed by atoms with Gasteiger partial charge in [-0.15, -0.1) is 0 Å². The van der Waals surface area contributed by atoms with Gasteiger partial charge in [0, 0.05) is 0 Å². The molecule has 2 N–H and O–H groups in total. The van der Waals surface area contributed by atoms with Crippen LogP contribution in [0.2, 0.25) is 0 Å². The molecule has 2 aliphatic rings. The van der Waals surface area contributed by atoms with Crippen LogP contribution in [0.25, 0.3) is 0 Å². The molecular formula is C18H31NO4. The van der Waals surface area contributed by atoms with E-state index in [-0.39, 0.29) is 23.4 Å². The van der Waals surface area contributed by atoms with Crippen LogP contribution in [-0.2, 0) is 19.2 Å². The number of carbonyl (C=O) groups excluding carboxylic acids is 2. The number of rotatable bonds is 6. The number of nitrogens with two attached hydrogens (primary N) is 1. The minimum atomic E-state index is -0.466. The largest absolute Gasteiger partial charge is 0.459 e. The molecular weight excluding hydrogens is 294 g/mol. The molecule has 0 spiro atoms. The zero-order valence-corrected chi connectivity index (χ0v) is 14.7. The van der Waals surface area contributed by atoms with Crippen molar-refractivity contribution >= 4 is 11.9 Å². The molecule has 5 heteroatoms. The van der Waals surface area contributed by atoms with Crippen molar-refractivity contribution in [3.63, 3.8) is 0 Å². The molecule has 0 bridgehead atoms. The van der Waals surface area contributed by atoms with Crippen molar-refractivity contribution in [1.82, 2.24) is 0 Å². The monoisotopic (exact) mass is 325 g/mol. The summed E-state index contributed by atoms with van der Waals surface area (Å²) >= 11 is 0. The molecule has 0 heterocycles. The molecule has 0 radical (unpaired) electrons. The highest BCUT2D eigenvalue weighted by Gasteiger charge is 2.52. The third kappa shape index (κ3) is 3.54. The van der Waals surface area contributed by atoms with E-state index < -0.39 is 17.8 Å². The number of hydrogen-bond acceptors (Lipinski definition) is 5. The Morgan fingerprint density at radius 3 is 1.96 bits per heavy atom. The van der Waals surface area contributed by atoms with Gasteiger partial charge >= 0.3 is 11.9 Å². The standard InChI is InChI=1S/C18H31NO4/c1-4-12-11-13(5-2)15(17(21)23-19)14(12)16(20)22-18(6-3)9-7-8-10-18/h12-15H,4-11,19H2,1-3H3. The summed E-state index contributed by atoms with van der Waals surface area (Å²) in [6, 6.07) is 0. The molecule has 2 fully saturated rings. The molecule has 0 amide bonds. The van der Waals surface area contributed by atoms with E-state index in [4.69, 9.17) is 10.6 Å². The van der Waals surface area contributed by atoms with Crippen molar-refractivity contribution in [1.29, 1.82) is 0 Å². The van der Waals surface area contributed by atoms with Gasteiger partial charge in [-0.1, -0.05) is 33.6 Å². The highest BCUT2D eigenvalue weighted by molar-refractivity contribution is 5.83. The molecule has 2 saturated carbocycles. The first-order valence-electron chi connectivity index (χ1n) is 9.15. The smallest absolute Gasteiger partial charge is 0.328 e. The topological polar surface area (TPSA) is 78.6 Å². The van der Waals surface area contributed by atoms with Crippen LogP contribution in [0.1, 0.15) is 72.1 Å². The van der Waals surface area contributed by atoms with Crippen LogP contribution in [-0.4, -0.2) is 17.5 Å². The maximum Gasteiger partial charge on any atom is 0.328 e. The normalized spacial score (nSPS) is 32.7. The van der Waals surface area contributed by atoms with Crippen LogP contribution >= 0.6 is 0 Å². The van der Waals surface area contributed by atoms with E-state index in [0.717, 1.165) is 51.4 Å². The lowest BCUT2D eigenvalue weighted by molar-refractivity contribution is -0.173.